The predicted molar refractivity (Wildman–Crippen MR) is 225 cm³/mol. The summed E-state index contributed by atoms with van der Waals surface area (Å²) >= 11 is 0. The number of hydrogen-bond donors (Lipinski definition) is 5. The van der Waals surface area contributed by atoms with Crippen LogP contribution in [0.5, 0.6) is 0 Å². The minimum absolute atomic E-state index is 0.0220. The van der Waals surface area contributed by atoms with Crippen LogP contribution >= 0.6 is 0 Å². The first-order chi connectivity index (χ1) is 28.5. The van der Waals surface area contributed by atoms with Crippen LogP contribution in [-0.4, -0.2) is 87.5 Å². The standard InChI is InChI=1S/C44H50N10O5/c1-23(2)36(50-43(56)58-5)42(55)53-22-25(21-45)18-35(53)41-47-33-16-12-29-20-27(10-14-31(29)38(33)49-41)26-9-13-30-28(19-26)11-15-32-37(30)48-40(46-32)34-8-7-17-54(34)52-39(24(3)4)51-44(57)59-6/h9-16,19-20,23-25,34-36,39,52H,7-8,17-18,22H2,1-6H3,(H,46,48)(H,47,49)(H,50,56)(H,51,57)/t25-,34+,35+,36+,39-/m1/s1. The van der Waals surface area contributed by atoms with Gasteiger partial charge in [-0.05, 0) is 77.3 Å². The summed E-state index contributed by atoms with van der Waals surface area (Å²) in [7, 11) is 2.63. The van der Waals surface area contributed by atoms with Crippen molar-refractivity contribution in [2.24, 2.45) is 17.8 Å². The monoisotopic (exact) mass is 798 g/mol. The lowest BCUT2D eigenvalue weighted by atomic mass is 9.98. The number of nitrogens with one attached hydrogen (secondary N) is 5. The van der Waals surface area contributed by atoms with Crippen LogP contribution in [0, 0.1) is 29.1 Å². The average molecular weight is 799 g/mol. The van der Waals surface area contributed by atoms with E-state index in [1.807, 2.05) is 33.8 Å². The predicted octanol–water partition coefficient (Wildman–Crippen LogP) is 7.19. The summed E-state index contributed by atoms with van der Waals surface area (Å²) < 4.78 is 9.63. The molecule has 8 rings (SSSR count). The molecule has 15 nitrogen and oxygen atoms in total. The molecule has 6 aromatic rings. The summed E-state index contributed by atoms with van der Waals surface area (Å²) in [6.45, 7) is 8.90. The number of rotatable bonds is 10. The average Bonchev–Trinajstić information content (AvgIpc) is 4.06. The fraction of sp³-hybridized carbons (Fsp3) is 0.409. The Morgan fingerprint density at radius 3 is 1.92 bits per heavy atom. The number of hydrazine groups is 1. The maximum absolute atomic E-state index is 13.9. The SMILES string of the molecule is COC(=O)N[C@H](NN1CCC[C@H]1c1nc2c(ccc3cc(-c4ccc5c(ccc6[nH]c([C@@H]7C[C@H](C#N)CN7C(=O)[C@@H](NC(=O)OC)C(C)C)nc65)c4)ccc32)[nH]1)C(C)C. The third-order valence-electron chi connectivity index (χ3n) is 11.8. The highest BCUT2D eigenvalue weighted by Gasteiger charge is 2.42. The summed E-state index contributed by atoms with van der Waals surface area (Å²) in [5.41, 5.74) is 9.16. The highest BCUT2D eigenvalue weighted by molar-refractivity contribution is 6.07. The second-order valence-corrected chi connectivity index (χ2v) is 16.3. The molecule has 5 N–H and O–H groups in total. The van der Waals surface area contributed by atoms with Crippen LogP contribution in [0.4, 0.5) is 9.59 Å². The number of amides is 3. The maximum atomic E-state index is 13.9. The van der Waals surface area contributed by atoms with Crippen LogP contribution in [0.3, 0.4) is 0 Å². The molecule has 0 bridgehead atoms. The normalized spacial score (nSPS) is 19.5. The lowest BCUT2D eigenvalue weighted by Crippen LogP contribution is -2.55. The molecule has 0 saturated carbocycles. The Morgan fingerprint density at radius 1 is 0.797 bits per heavy atom. The molecule has 0 aliphatic carbocycles. The zero-order valence-electron chi connectivity index (χ0n) is 34.1. The lowest BCUT2D eigenvalue weighted by molar-refractivity contribution is -0.135. The van der Waals surface area contributed by atoms with Crippen LogP contribution in [0.15, 0.2) is 60.7 Å². The van der Waals surface area contributed by atoms with E-state index in [2.05, 4.69) is 91.7 Å². The fourth-order valence-electron chi connectivity index (χ4n) is 8.55. The summed E-state index contributed by atoms with van der Waals surface area (Å²) in [6.07, 6.45) is 0.930. The molecular formula is C44H50N10O5. The first kappa shape index (κ1) is 39.6. The zero-order valence-corrected chi connectivity index (χ0v) is 34.1. The van der Waals surface area contributed by atoms with Crippen molar-refractivity contribution >= 4 is 61.7 Å². The van der Waals surface area contributed by atoms with Gasteiger partial charge in [-0.2, -0.15) is 5.26 Å². The molecule has 0 radical (unpaired) electrons. The van der Waals surface area contributed by atoms with Crippen molar-refractivity contribution in [3.05, 3.63) is 72.3 Å². The maximum Gasteiger partial charge on any atom is 0.408 e. The van der Waals surface area contributed by atoms with Gasteiger partial charge in [-0.3, -0.25) is 4.79 Å². The topological polar surface area (TPSA) is 193 Å². The number of benzene rings is 4. The Kier molecular flexibility index (Phi) is 10.9. The van der Waals surface area contributed by atoms with Gasteiger partial charge in [0.15, 0.2) is 0 Å². The molecule has 2 fully saturated rings. The number of H-pyrrole nitrogens is 2. The number of methoxy groups -OCH3 is 2. The van der Waals surface area contributed by atoms with Crippen molar-refractivity contribution in [2.75, 3.05) is 27.3 Å². The van der Waals surface area contributed by atoms with Gasteiger partial charge in [0.1, 0.15) is 17.7 Å². The molecule has 306 valence electrons. The number of aromatic amines is 2. The molecule has 2 saturated heterocycles. The van der Waals surface area contributed by atoms with Crippen LogP contribution < -0.4 is 16.1 Å². The number of nitrogens with zero attached hydrogens (tertiary/aromatic N) is 5. The second kappa shape index (κ2) is 16.2. The third kappa shape index (κ3) is 7.61. The number of ether oxygens (including phenoxy) is 2. The molecule has 0 spiro atoms. The van der Waals surface area contributed by atoms with Gasteiger partial charge in [0.05, 0.1) is 66.5 Å². The van der Waals surface area contributed by atoms with E-state index < -0.39 is 24.3 Å². The minimum atomic E-state index is -0.809. The number of hydrogen-bond acceptors (Lipinski definition) is 10. The first-order valence-corrected chi connectivity index (χ1v) is 20.2. The molecular weight excluding hydrogens is 749 g/mol. The molecule has 4 heterocycles. The van der Waals surface area contributed by atoms with Crippen LogP contribution in [0.1, 0.15) is 70.7 Å². The van der Waals surface area contributed by atoms with E-state index in [1.54, 1.807) is 4.90 Å². The Balaban J connectivity index is 1.05. The highest BCUT2D eigenvalue weighted by atomic mass is 16.5. The lowest BCUT2D eigenvalue weighted by Gasteiger charge is -2.31. The van der Waals surface area contributed by atoms with Crippen molar-refractivity contribution in [3.63, 3.8) is 0 Å². The minimum Gasteiger partial charge on any atom is -0.453 e. The van der Waals surface area contributed by atoms with Gasteiger partial charge in [-0.15, -0.1) is 0 Å². The number of carbonyl (C=O) groups excluding carboxylic acids is 3. The third-order valence-corrected chi connectivity index (χ3v) is 11.8. The van der Waals surface area contributed by atoms with E-state index in [9.17, 15) is 19.6 Å². The van der Waals surface area contributed by atoms with Crippen LogP contribution in [0.2, 0.25) is 0 Å². The molecule has 5 atom stereocenters. The number of fused-ring (bicyclic) bond motifs is 6. The molecule has 4 aromatic carbocycles. The number of imidazole rings is 2. The van der Waals surface area contributed by atoms with E-state index in [4.69, 9.17) is 19.4 Å². The van der Waals surface area contributed by atoms with Crippen LogP contribution in [0.25, 0.3) is 54.7 Å². The van der Waals surface area contributed by atoms with E-state index in [1.165, 1.54) is 14.2 Å². The van der Waals surface area contributed by atoms with E-state index in [0.29, 0.717) is 12.2 Å². The summed E-state index contributed by atoms with van der Waals surface area (Å²) in [5.74, 6) is 0.801. The molecule has 3 amide bonds. The summed E-state index contributed by atoms with van der Waals surface area (Å²) in [5, 5.41) is 21.7. The molecule has 2 aliphatic heterocycles. The number of carbonyl (C=O) groups is 3. The van der Waals surface area contributed by atoms with Gasteiger partial charge < -0.3 is 35.0 Å². The first-order valence-electron chi connectivity index (χ1n) is 20.2. The van der Waals surface area contributed by atoms with E-state index in [0.717, 1.165) is 79.9 Å². The quantitative estimate of drug-likeness (QED) is 0.0887. The largest absolute Gasteiger partial charge is 0.453 e. The number of alkyl carbamates (subject to hydrolysis) is 2. The van der Waals surface area contributed by atoms with E-state index >= 15 is 0 Å². The van der Waals surface area contributed by atoms with Gasteiger partial charge in [-0.1, -0.05) is 64.1 Å². The molecule has 2 aliphatic rings. The van der Waals surface area contributed by atoms with Crippen molar-refractivity contribution < 1.29 is 23.9 Å². The molecule has 59 heavy (non-hydrogen) atoms. The second-order valence-electron chi connectivity index (χ2n) is 16.3. The smallest absolute Gasteiger partial charge is 0.408 e. The van der Waals surface area contributed by atoms with Crippen molar-refractivity contribution in [2.45, 2.75) is 71.2 Å². The number of nitriles is 1. The van der Waals surface area contributed by atoms with Crippen molar-refractivity contribution in [1.29, 1.82) is 5.26 Å². The van der Waals surface area contributed by atoms with Gasteiger partial charge in [-0.25, -0.2) is 30.0 Å². The molecule has 0 unspecified atom stereocenters. The van der Waals surface area contributed by atoms with E-state index in [-0.39, 0.29) is 42.4 Å². The number of likely N-dealkylation sites (tertiary alicyclic amines) is 1. The summed E-state index contributed by atoms with van der Waals surface area (Å²) in [6, 6.07) is 22.2. The van der Waals surface area contributed by atoms with Gasteiger partial charge in [0.2, 0.25) is 5.91 Å². The summed E-state index contributed by atoms with van der Waals surface area (Å²) in [4.78, 5) is 56.9. The van der Waals surface area contributed by atoms with Crippen LogP contribution in [-0.2, 0) is 14.3 Å². The Bertz CT molecular complexity index is 2610. The Hall–Kier alpha value is -6.24. The van der Waals surface area contributed by atoms with Crippen molar-refractivity contribution in [3.8, 4) is 17.2 Å². The Morgan fingerprint density at radius 2 is 1.37 bits per heavy atom. The Labute approximate surface area is 341 Å². The number of aromatic nitrogens is 4. The molecule has 2 aromatic heterocycles. The molecule has 15 heteroatoms. The van der Waals surface area contributed by atoms with Crippen molar-refractivity contribution in [1.82, 2.24) is 45.9 Å². The fourth-order valence-corrected chi connectivity index (χ4v) is 8.55. The zero-order chi connectivity index (χ0) is 41.5. The van der Waals surface area contributed by atoms with Gasteiger partial charge in [0.25, 0.3) is 0 Å². The highest BCUT2D eigenvalue weighted by Crippen LogP contribution is 2.38. The van der Waals surface area contributed by atoms with Gasteiger partial charge >= 0.3 is 12.2 Å². The van der Waals surface area contributed by atoms with Gasteiger partial charge in [0, 0.05) is 23.9 Å².